The number of thioether (sulfide) groups is 1. The van der Waals surface area contributed by atoms with E-state index in [4.69, 9.17) is 4.98 Å². The maximum absolute atomic E-state index is 13.1. The molecule has 3 rings (SSSR count). The number of ketones is 1. The van der Waals surface area contributed by atoms with Crippen LogP contribution in [0.3, 0.4) is 0 Å². The van der Waals surface area contributed by atoms with Crippen LogP contribution in [0.1, 0.15) is 55.0 Å². The molecule has 3 aromatic rings. The van der Waals surface area contributed by atoms with Gasteiger partial charge < -0.3 is 14.4 Å². The average molecular weight is 605 g/mol. The zero-order valence-electron chi connectivity index (χ0n) is 23.2. The summed E-state index contributed by atoms with van der Waals surface area (Å²) in [5, 5.41) is 3.15. The molecule has 0 aliphatic rings. The minimum absolute atomic E-state index is 0.00378. The largest absolute Gasteiger partial charge is 0.616 e. The Morgan fingerprint density at radius 2 is 1.77 bits per heavy atom. The van der Waals surface area contributed by atoms with Gasteiger partial charge in [0, 0.05) is 25.1 Å². The molecule has 0 aliphatic carbocycles. The molecule has 1 atom stereocenters. The molecular formula is C28H36N4O5S3. The molecule has 1 unspecified atom stereocenters. The van der Waals surface area contributed by atoms with E-state index in [0.717, 1.165) is 24.2 Å². The van der Waals surface area contributed by atoms with E-state index in [1.807, 2.05) is 42.0 Å². The lowest BCUT2D eigenvalue weighted by Gasteiger charge is -2.14. The van der Waals surface area contributed by atoms with E-state index in [0.29, 0.717) is 47.8 Å². The summed E-state index contributed by atoms with van der Waals surface area (Å²) >= 11 is 0.122. The Balaban J connectivity index is 1.94. The SMILES string of the molecule is CCCCc1nc(SC)c(C(=O)C[S+](C)[O-])n1Cc1ccc(-c2ccccc2S(=O)(=O)NC(=O)NCCC)cc1. The number of aromatic nitrogens is 2. The molecule has 0 bridgehead atoms. The van der Waals surface area contributed by atoms with Gasteiger partial charge in [-0.3, -0.25) is 4.79 Å². The number of rotatable bonds is 14. The van der Waals surface area contributed by atoms with Gasteiger partial charge in [0.2, 0.25) is 5.78 Å². The topological polar surface area (TPSA) is 133 Å². The van der Waals surface area contributed by atoms with E-state index in [-0.39, 0.29) is 16.4 Å². The van der Waals surface area contributed by atoms with Crippen LogP contribution in [0.25, 0.3) is 11.1 Å². The molecule has 1 heterocycles. The molecule has 40 heavy (non-hydrogen) atoms. The highest BCUT2D eigenvalue weighted by Gasteiger charge is 2.25. The van der Waals surface area contributed by atoms with Crippen LogP contribution < -0.4 is 10.0 Å². The summed E-state index contributed by atoms with van der Waals surface area (Å²) in [5.74, 6) is 0.539. The molecule has 216 valence electrons. The minimum atomic E-state index is -4.11. The van der Waals surface area contributed by atoms with Gasteiger partial charge in [-0.15, -0.1) is 11.8 Å². The fourth-order valence-corrected chi connectivity index (χ4v) is 6.48. The Morgan fingerprint density at radius 1 is 1.07 bits per heavy atom. The lowest BCUT2D eigenvalue weighted by Crippen LogP contribution is -2.39. The predicted octanol–water partition coefficient (Wildman–Crippen LogP) is 4.62. The second-order valence-electron chi connectivity index (χ2n) is 9.27. The smallest absolute Gasteiger partial charge is 0.328 e. The molecule has 2 amide bonds. The van der Waals surface area contributed by atoms with Gasteiger partial charge in [-0.2, -0.15) is 0 Å². The number of imidazole rings is 1. The molecule has 1 aromatic heterocycles. The Labute approximate surface area is 243 Å². The van der Waals surface area contributed by atoms with Gasteiger partial charge in [-0.05, 0) is 47.5 Å². The number of amides is 2. The highest BCUT2D eigenvalue weighted by atomic mass is 32.2. The molecule has 0 fully saturated rings. The molecule has 12 heteroatoms. The van der Waals surface area contributed by atoms with E-state index in [9.17, 15) is 22.6 Å². The molecule has 0 spiro atoms. The number of nitrogens with one attached hydrogen (secondary N) is 2. The maximum Gasteiger partial charge on any atom is 0.328 e. The minimum Gasteiger partial charge on any atom is -0.616 e. The molecule has 9 nitrogen and oxygen atoms in total. The summed E-state index contributed by atoms with van der Waals surface area (Å²) in [6, 6.07) is 13.1. The lowest BCUT2D eigenvalue weighted by molar-refractivity contribution is 0.100. The van der Waals surface area contributed by atoms with Gasteiger partial charge in [0.25, 0.3) is 10.0 Å². The number of carbonyl (C=O) groups is 2. The number of Topliss-reactive ketones (excluding diaryl/α,β-unsaturated/α-hetero) is 1. The summed E-state index contributed by atoms with van der Waals surface area (Å²) in [5.41, 5.74) is 2.50. The van der Waals surface area contributed by atoms with Crippen molar-refractivity contribution in [1.82, 2.24) is 19.6 Å². The molecule has 0 aliphatic heterocycles. The summed E-state index contributed by atoms with van der Waals surface area (Å²) in [6.45, 7) is 4.73. The van der Waals surface area contributed by atoms with Crippen LogP contribution in [0.4, 0.5) is 4.79 Å². The fourth-order valence-electron chi connectivity index (χ4n) is 4.20. The van der Waals surface area contributed by atoms with Crippen molar-refractivity contribution >= 4 is 44.8 Å². The van der Waals surface area contributed by atoms with Crippen molar-refractivity contribution in [2.45, 2.75) is 56.0 Å². The van der Waals surface area contributed by atoms with Gasteiger partial charge in [0.05, 0.1) is 11.2 Å². The van der Waals surface area contributed by atoms with Crippen LogP contribution in [-0.2, 0) is 34.2 Å². The first-order valence-corrected chi connectivity index (χ1v) is 17.5. The van der Waals surface area contributed by atoms with Crippen LogP contribution in [-0.4, -0.2) is 59.1 Å². The molecule has 2 aromatic carbocycles. The third-order valence-electron chi connectivity index (χ3n) is 6.11. The van der Waals surface area contributed by atoms with E-state index >= 15 is 0 Å². The first-order valence-electron chi connectivity index (χ1n) is 13.1. The number of hydrogen-bond acceptors (Lipinski definition) is 7. The zero-order valence-corrected chi connectivity index (χ0v) is 25.7. The van der Waals surface area contributed by atoms with Crippen molar-refractivity contribution < 1.29 is 22.6 Å². The first kappa shape index (κ1) is 31.7. The average Bonchev–Trinajstić information content (AvgIpc) is 3.27. The predicted molar refractivity (Wildman–Crippen MR) is 161 cm³/mol. The molecule has 0 radical (unpaired) electrons. The van der Waals surface area contributed by atoms with Gasteiger partial charge >= 0.3 is 6.03 Å². The first-order chi connectivity index (χ1) is 19.1. The van der Waals surface area contributed by atoms with E-state index in [2.05, 4.69) is 17.0 Å². The zero-order chi connectivity index (χ0) is 29.3. The third-order valence-corrected chi connectivity index (χ3v) is 8.83. The number of nitrogens with zero attached hydrogens (tertiary/aromatic N) is 2. The molecule has 0 saturated heterocycles. The number of carbonyl (C=O) groups excluding carboxylic acids is 2. The van der Waals surface area contributed by atoms with Crippen molar-refractivity contribution in [3.63, 3.8) is 0 Å². The van der Waals surface area contributed by atoms with Crippen LogP contribution in [0, 0.1) is 0 Å². The summed E-state index contributed by atoms with van der Waals surface area (Å²) < 4.78 is 41.8. The van der Waals surface area contributed by atoms with Crippen LogP contribution in [0.5, 0.6) is 0 Å². The van der Waals surface area contributed by atoms with Crippen molar-refractivity contribution in [2.24, 2.45) is 0 Å². The van der Waals surface area contributed by atoms with Gasteiger partial charge in [0.15, 0.2) is 5.75 Å². The van der Waals surface area contributed by atoms with Crippen molar-refractivity contribution in [3.05, 3.63) is 65.6 Å². The van der Waals surface area contributed by atoms with Crippen LogP contribution >= 0.6 is 11.8 Å². The Bertz CT molecular complexity index is 1420. The Hall–Kier alpha value is -2.80. The van der Waals surface area contributed by atoms with Crippen molar-refractivity contribution in [1.29, 1.82) is 0 Å². The van der Waals surface area contributed by atoms with E-state index in [1.165, 1.54) is 24.1 Å². The third kappa shape index (κ3) is 8.12. The summed E-state index contributed by atoms with van der Waals surface area (Å²) in [6.07, 6.45) is 6.69. The Morgan fingerprint density at radius 3 is 2.40 bits per heavy atom. The highest BCUT2D eigenvalue weighted by Crippen LogP contribution is 2.29. The monoisotopic (exact) mass is 604 g/mol. The normalized spacial score (nSPS) is 12.2. The van der Waals surface area contributed by atoms with E-state index in [1.54, 1.807) is 18.2 Å². The number of benzene rings is 2. The standard InChI is InChI=1S/C28H36N4O5S3/c1-5-7-12-25-30-27(38-3)26(23(33)19-39(4)35)32(25)18-20-13-15-21(16-14-20)22-10-8-9-11-24(22)40(36,37)31-28(34)29-17-6-2/h8-11,13-16H,5-7,12,17-19H2,1-4H3,(H2,29,31,34). The Kier molecular flexibility index (Phi) is 11.7. The molecule has 2 N–H and O–H groups in total. The quantitative estimate of drug-likeness (QED) is 0.156. The number of hydrogen-bond donors (Lipinski definition) is 2. The number of sulfonamides is 1. The lowest BCUT2D eigenvalue weighted by atomic mass is 10.0. The molecular weight excluding hydrogens is 569 g/mol. The highest BCUT2D eigenvalue weighted by molar-refractivity contribution is 7.98. The number of aryl methyl sites for hydroxylation is 1. The number of unbranched alkanes of at least 4 members (excludes halogenated alkanes) is 1. The molecule has 0 saturated carbocycles. The van der Waals surface area contributed by atoms with Crippen LogP contribution in [0.15, 0.2) is 58.5 Å². The fraction of sp³-hybridized carbons (Fsp3) is 0.393. The van der Waals surface area contributed by atoms with Crippen molar-refractivity contribution in [2.75, 3.05) is 24.8 Å². The van der Waals surface area contributed by atoms with Gasteiger partial charge in [-0.1, -0.05) is 62.7 Å². The van der Waals surface area contributed by atoms with E-state index < -0.39 is 27.2 Å². The van der Waals surface area contributed by atoms with Gasteiger partial charge in [0.1, 0.15) is 16.5 Å². The van der Waals surface area contributed by atoms with Crippen LogP contribution in [0.2, 0.25) is 0 Å². The maximum atomic E-state index is 13.1. The summed E-state index contributed by atoms with van der Waals surface area (Å²) in [7, 11) is -4.11. The van der Waals surface area contributed by atoms with Gasteiger partial charge in [-0.25, -0.2) is 22.9 Å². The number of urea groups is 1. The second-order valence-corrected chi connectivity index (χ2v) is 13.2. The summed E-state index contributed by atoms with van der Waals surface area (Å²) in [4.78, 5) is 29.9. The second kappa shape index (κ2) is 14.7. The van der Waals surface area contributed by atoms with Crippen molar-refractivity contribution in [3.8, 4) is 11.1 Å².